The van der Waals surface area contributed by atoms with E-state index in [0.717, 1.165) is 12.0 Å². The van der Waals surface area contributed by atoms with E-state index in [0.29, 0.717) is 24.3 Å². The van der Waals surface area contributed by atoms with Crippen LogP contribution >= 0.6 is 0 Å². The van der Waals surface area contributed by atoms with Crippen LogP contribution in [0.5, 0.6) is 0 Å². The molecule has 0 aliphatic carbocycles. The van der Waals surface area contributed by atoms with E-state index in [-0.39, 0.29) is 16.6 Å². The Hall–Kier alpha value is -3.02. The number of nitro groups is 1. The number of aromatic nitrogens is 2. The first-order chi connectivity index (χ1) is 11.6. The smallest absolute Gasteiger partial charge is 0.270 e. The lowest BCUT2D eigenvalue weighted by Gasteiger charge is -2.13. The molecule has 6 nitrogen and oxygen atoms in total. The normalized spacial score (nSPS) is 10.9. The van der Waals surface area contributed by atoms with Gasteiger partial charge in [-0.05, 0) is 18.1 Å². The number of fused-ring (bicyclic) bond motifs is 1. The van der Waals surface area contributed by atoms with Crippen LogP contribution in [0.25, 0.3) is 10.9 Å². The quantitative estimate of drug-likeness (QED) is 0.533. The highest BCUT2D eigenvalue weighted by atomic mass is 16.6. The third kappa shape index (κ3) is 3.03. The van der Waals surface area contributed by atoms with Gasteiger partial charge < -0.3 is 0 Å². The molecule has 3 aromatic rings. The molecule has 0 radical (unpaired) electrons. The fourth-order valence-electron chi connectivity index (χ4n) is 2.71. The van der Waals surface area contributed by atoms with Crippen LogP contribution in [0.3, 0.4) is 0 Å². The van der Waals surface area contributed by atoms with Crippen molar-refractivity contribution in [2.45, 2.75) is 26.3 Å². The molecular formula is C18H17N3O3. The molecule has 0 bridgehead atoms. The Morgan fingerprint density at radius 3 is 2.58 bits per heavy atom. The lowest BCUT2D eigenvalue weighted by Crippen LogP contribution is -2.26. The molecule has 3 rings (SSSR count). The largest absolute Gasteiger partial charge is 0.292 e. The molecule has 0 fully saturated rings. The predicted molar refractivity (Wildman–Crippen MR) is 92.2 cm³/mol. The van der Waals surface area contributed by atoms with E-state index in [1.54, 1.807) is 10.6 Å². The van der Waals surface area contributed by atoms with E-state index in [1.807, 2.05) is 37.3 Å². The third-order valence-corrected chi connectivity index (χ3v) is 3.88. The molecule has 0 aliphatic rings. The number of benzene rings is 2. The third-order valence-electron chi connectivity index (χ3n) is 3.88. The average molecular weight is 323 g/mol. The van der Waals surface area contributed by atoms with Gasteiger partial charge in [0.05, 0.1) is 22.4 Å². The molecule has 0 N–H and O–H groups in total. The van der Waals surface area contributed by atoms with Gasteiger partial charge in [0.2, 0.25) is 0 Å². The maximum atomic E-state index is 12.9. The van der Waals surface area contributed by atoms with Crippen molar-refractivity contribution in [2.24, 2.45) is 0 Å². The van der Waals surface area contributed by atoms with Crippen molar-refractivity contribution in [3.63, 3.8) is 0 Å². The number of nitrogens with zero attached hydrogens (tertiary/aromatic N) is 3. The van der Waals surface area contributed by atoms with Crippen LogP contribution in [0.2, 0.25) is 0 Å². The van der Waals surface area contributed by atoms with Crippen molar-refractivity contribution < 1.29 is 4.92 Å². The van der Waals surface area contributed by atoms with E-state index in [1.165, 1.54) is 12.1 Å². The van der Waals surface area contributed by atoms with Gasteiger partial charge in [0.1, 0.15) is 5.82 Å². The Labute approximate surface area is 138 Å². The first-order valence-electron chi connectivity index (χ1n) is 7.82. The molecule has 6 heteroatoms. The van der Waals surface area contributed by atoms with Gasteiger partial charge in [0.25, 0.3) is 11.2 Å². The lowest BCUT2D eigenvalue weighted by molar-refractivity contribution is -0.384. The van der Waals surface area contributed by atoms with E-state index in [2.05, 4.69) is 4.98 Å². The second-order valence-corrected chi connectivity index (χ2v) is 5.61. The Morgan fingerprint density at radius 1 is 1.17 bits per heavy atom. The Balaban J connectivity index is 2.20. The molecule has 0 saturated carbocycles. The van der Waals surface area contributed by atoms with Crippen LogP contribution in [-0.4, -0.2) is 14.5 Å². The monoisotopic (exact) mass is 323 g/mol. The highest BCUT2D eigenvalue weighted by Gasteiger charge is 2.14. The summed E-state index contributed by atoms with van der Waals surface area (Å²) in [5.41, 5.74) is 1.15. The molecular weight excluding hydrogens is 306 g/mol. The second kappa shape index (κ2) is 6.62. The number of nitro benzene ring substituents is 1. The summed E-state index contributed by atoms with van der Waals surface area (Å²) in [5.74, 6) is 0.702. The molecule has 0 saturated heterocycles. The minimum Gasteiger partial charge on any atom is -0.292 e. The molecule has 0 amide bonds. The first kappa shape index (κ1) is 15.9. The fourth-order valence-corrected chi connectivity index (χ4v) is 2.71. The molecule has 0 unspecified atom stereocenters. The number of hydrogen-bond acceptors (Lipinski definition) is 4. The van der Waals surface area contributed by atoms with Crippen LogP contribution in [0.1, 0.15) is 24.7 Å². The van der Waals surface area contributed by atoms with Crippen LogP contribution in [0, 0.1) is 10.1 Å². The second-order valence-electron chi connectivity index (χ2n) is 5.61. The summed E-state index contributed by atoms with van der Waals surface area (Å²) in [7, 11) is 0. The Bertz CT molecular complexity index is 949. The van der Waals surface area contributed by atoms with Gasteiger partial charge in [-0.15, -0.1) is 0 Å². The van der Waals surface area contributed by atoms with Gasteiger partial charge in [0.15, 0.2) is 0 Å². The summed E-state index contributed by atoms with van der Waals surface area (Å²) in [6, 6.07) is 13.9. The molecule has 1 heterocycles. The standard InChI is InChI=1S/C18H17N3O3/c1-2-6-17-19-16-10-9-14(21(23)24)11-15(16)18(22)20(17)12-13-7-4-3-5-8-13/h3-5,7-11H,2,6,12H2,1H3. The summed E-state index contributed by atoms with van der Waals surface area (Å²) in [4.78, 5) is 27.9. The number of hydrogen-bond donors (Lipinski definition) is 0. The maximum Gasteiger partial charge on any atom is 0.270 e. The van der Waals surface area contributed by atoms with E-state index < -0.39 is 4.92 Å². The molecule has 1 aromatic heterocycles. The molecule has 122 valence electrons. The summed E-state index contributed by atoms with van der Waals surface area (Å²) in [5, 5.41) is 11.3. The molecule has 0 aliphatic heterocycles. The zero-order chi connectivity index (χ0) is 17.1. The average Bonchev–Trinajstić information content (AvgIpc) is 2.59. The summed E-state index contributed by atoms with van der Waals surface area (Å²) in [6.45, 7) is 2.43. The molecule has 2 aromatic carbocycles. The van der Waals surface area contributed by atoms with Crippen molar-refractivity contribution in [1.29, 1.82) is 0 Å². The summed E-state index contributed by atoms with van der Waals surface area (Å²) in [6.07, 6.45) is 1.54. The van der Waals surface area contributed by atoms with E-state index in [9.17, 15) is 14.9 Å². The van der Waals surface area contributed by atoms with Crippen molar-refractivity contribution in [3.8, 4) is 0 Å². The van der Waals surface area contributed by atoms with Crippen LogP contribution in [-0.2, 0) is 13.0 Å². The zero-order valence-electron chi connectivity index (χ0n) is 13.3. The summed E-state index contributed by atoms with van der Waals surface area (Å²) < 4.78 is 1.62. The number of non-ortho nitro benzene ring substituents is 1. The SMILES string of the molecule is CCCc1nc2ccc([N+](=O)[O-])cc2c(=O)n1Cc1ccccc1. The number of rotatable bonds is 5. The van der Waals surface area contributed by atoms with Gasteiger partial charge in [-0.25, -0.2) is 4.98 Å². The minimum absolute atomic E-state index is 0.101. The highest BCUT2D eigenvalue weighted by molar-refractivity contribution is 5.80. The lowest BCUT2D eigenvalue weighted by atomic mass is 10.2. The van der Waals surface area contributed by atoms with Crippen molar-refractivity contribution >= 4 is 16.6 Å². The Morgan fingerprint density at radius 2 is 1.92 bits per heavy atom. The van der Waals surface area contributed by atoms with Crippen LogP contribution < -0.4 is 5.56 Å². The van der Waals surface area contributed by atoms with Gasteiger partial charge in [-0.2, -0.15) is 0 Å². The van der Waals surface area contributed by atoms with Gasteiger partial charge >= 0.3 is 0 Å². The van der Waals surface area contributed by atoms with E-state index >= 15 is 0 Å². The topological polar surface area (TPSA) is 78.0 Å². The van der Waals surface area contributed by atoms with E-state index in [4.69, 9.17) is 0 Å². The zero-order valence-corrected chi connectivity index (χ0v) is 13.3. The minimum atomic E-state index is -0.500. The van der Waals surface area contributed by atoms with Crippen molar-refractivity contribution in [1.82, 2.24) is 9.55 Å². The van der Waals surface area contributed by atoms with Crippen molar-refractivity contribution in [3.05, 3.63) is 80.4 Å². The van der Waals surface area contributed by atoms with Crippen LogP contribution in [0.4, 0.5) is 5.69 Å². The maximum absolute atomic E-state index is 12.9. The number of aryl methyl sites for hydroxylation is 1. The first-order valence-corrected chi connectivity index (χ1v) is 7.82. The highest BCUT2D eigenvalue weighted by Crippen LogP contribution is 2.18. The van der Waals surface area contributed by atoms with Crippen LogP contribution in [0.15, 0.2) is 53.3 Å². The summed E-state index contributed by atoms with van der Waals surface area (Å²) >= 11 is 0. The van der Waals surface area contributed by atoms with Gasteiger partial charge in [-0.3, -0.25) is 19.5 Å². The van der Waals surface area contributed by atoms with Crippen molar-refractivity contribution in [2.75, 3.05) is 0 Å². The molecule has 0 atom stereocenters. The predicted octanol–water partition coefficient (Wildman–Crippen LogP) is 3.31. The molecule has 0 spiro atoms. The van der Waals surface area contributed by atoms with Gasteiger partial charge in [0, 0.05) is 18.6 Å². The molecule has 24 heavy (non-hydrogen) atoms. The fraction of sp³-hybridized carbons (Fsp3) is 0.222. The Kier molecular flexibility index (Phi) is 4.37. The van der Waals surface area contributed by atoms with Gasteiger partial charge in [-0.1, -0.05) is 37.3 Å².